The third-order valence-corrected chi connectivity index (χ3v) is 5.17. The molecule has 1 aliphatic carbocycles. The van der Waals surface area contributed by atoms with Gasteiger partial charge < -0.3 is 10.0 Å². The minimum atomic E-state index is -0.357. The van der Waals surface area contributed by atoms with E-state index in [1.54, 1.807) is 6.07 Å². The molecule has 1 aromatic rings. The number of fused-ring (bicyclic) bond motifs is 1. The predicted molar refractivity (Wildman–Crippen MR) is 78.6 cm³/mol. The van der Waals surface area contributed by atoms with Gasteiger partial charge in [-0.3, -0.25) is 4.79 Å². The minimum Gasteiger partial charge on any atom is -0.393 e. The van der Waals surface area contributed by atoms with Crippen molar-refractivity contribution in [2.24, 2.45) is 5.92 Å². The molecular formula is C16H17ClN2O2. The first-order valence-corrected chi connectivity index (χ1v) is 7.56. The van der Waals surface area contributed by atoms with Crippen LogP contribution < -0.4 is 0 Å². The van der Waals surface area contributed by atoms with Crippen molar-refractivity contribution in [1.29, 1.82) is 5.26 Å². The lowest BCUT2D eigenvalue weighted by Gasteiger charge is -2.25. The molecule has 110 valence electrons. The number of amides is 1. The second-order valence-electron chi connectivity index (χ2n) is 5.92. The molecule has 0 spiro atoms. The largest absolute Gasteiger partial charge is 0.393 e. The Balaban J connectivity index is 1.88. The average Bonchev–Trinajstić information content (AvgIpc) is 2.95. The first-order valence-electron chi connectivity index (χ1n) is 7.18. The summed E-state index contributed by atoms with van der Waals surface area (Å²) in [7, 11) is 0. The zero-order valence-electron chi connectivity index (χ0n) is 11.8. The molecule has 2 fully saturated rings. The van der Waals surface area contributed by atoms with Gasteiger partial charge in [-0.1, -0.05) is 17.7 Å². The van der Waals surface area contributed by atoms with Crippen molar-refractivity contribution < 1.29 is 9.90 Å². The number of benzene rings is 1. The van der Waals surface area contributed by atoms with Crippen LogP contribution in [0.2, 0.25) is 5.02 Å². The summed E-state index contributed by atoms with van der Waals surface area (Å²) >= 11 is 6.02. The molecule has 1 saturated heterocycles. The molecule has 4 nitrogen and oxygen atoms in total. The van der Waals surface area contributed by atoms with E-state index in [-0.39, 0.29) is 24.0 Å². The van der Waals surface area contributed by atoms with Crippen molar-refractivity contribution >= 4 is 17.5 Å². The van der Waals surface area contributed by atoms with Gasteiger partial charge in [0, 0.05) is 24.9 Å². The normalized spacial score (nSPS) is 27.8. The summed E-state index contributed by atoms with van der Waals surface area (Å²) in [5, 5.41) is 19.6. The molecule has 0 bridgehead atoms. The van der Waals surface area contributed by atoms with E-state index in [1.807, 2.05) is 17.9 Å². The van der Waals surface area contributed by atoms with E-state index >= 15 is 0 Å². The van der Waals surface area contributed by atoms with Gasteiger partial charge in [-0.25, -0.2) is 0 Å². The first-order chi connectivity index (χ1) is 10.0. The molecule has 3 atom stereocenters. The maximum absolute atomic E-state index is 12.2. The van der Waals surface area contributed by atoms with Gasteiger partial charge in [-0.15, -0.1) is 0 Å². The number of nitrogens with zero attached hydrogens (tertiary/aromatic N) is 2. The zero-order chi connectivity index (χ0) is 15.1. The van der Waals surface area contributed by atoms with Gasteiger partial charge in [0.05, 0.1) is 16.7 Å². The highest BCUT2D eigenvalue weighted by molar-refractivity contribution is 6.31. The lowest BCUT2D eigenvalue weighted by atomic mass is 10.0. The van der Waals surface area contributed by atoms with Crippen molar-refractivity contribution in [3.05, 3.63) is 33.8 Å². The van der Waals surface area contributed by atoms with Crippen molar-refractivity contribution in [3.63, 3.8) is 0 Å². The lowest BCUT2D eigenvalue weighted by Crippen LogP contribution is -2.33. The van der Waals surface area contributed by atoms with E-state index in [4.69, 9.17) is 11.6 Å². The van der Waals surface area contributed by atoms with Gasteiger partial charge in [-0.2, -0.15) is 5.26 Å². The number of hydrogen-bond acceptors (Lipinski definition) is 3. The Hall–Kier alpha value is -1.57. The fourth-order valence-electron chi connectivity index (χ4n) is 3.61. The summed E-state index contributed by atoms with van der Waals surface area (Å²) < 4.78 is 0. The SMILES string of the molecule is Cc1c(CN2C(=O)C[C@@H]3[C@H]2CC[C@@H]3O)ccc(Cl)c1C#N. The predicted octanol–water partition coefficient (Wildman–Crippen LogP) is 2.39. The molecule has 3 rings (SSSR count). The van der Waals surface area contributed by atoms with Crippen LogP contribution in [0.25, 0.3) is 0 Å². The number of halogens is 1. The van der Waals surface area contributed by atoms with Crippen LogP contribution in [0, 0.1) is 24.2 Å². The zero-order valence-corrected chi connectivity index (χ0v) is 12.6. The van der Waals surface area contributed by atoms with Crippen molar-refractivity contribution in [2.75, 3.05) is 0 Å². The van der Waals surface area contributed by atoms with E-state index in [1.165, 1.54) is 0 Å². The molecular weight excluding hydrogens is 288 g/mol. The monoisotopic (exact) mass is 304 g/mol. The van der Waals surface area contributed by atoms with E-state index in [9.17, 15) is 15.2 Å². The maximum Gasteiger partial charge on any atom is 0.223 e. The van der Waals surface area contributed by atoms with E-state index in [0.717, 1.165) is 24.0 Å². The number of aliphatic hydroxyl groups is 1. The first kappa shape index (κ1) is 14.4. The highest BCUT2D eigenvalue weighted by atomic mass is 35.5. The Morgan fingerprint density at radius 1 is 1.48 bits per heavy atom. The number of likely N-dealkylation sites (tertiary alicyclic amines) is 1. The Labute approximate surface area is 128 Å². The molecule has 0 radical (unpaired) electrons. The van der Waals surface area contributed by atoms with Crippen LogP contribution in [0.15, 0.2) is 12.1 Å². The molecule has 1 saturated carbocycles. The van der Waals surface area contributed by atoms with Crippen LogP contribution in [-0.2, 0) is 11.3 Å². The molecule has 1 heterocycles. The lowest BCUT2D eigenvalue weighted by molar-refractivity contribution is -0.129. The molecule has 1 amide bonds. The van der Waals surface area contributed by atoms with Crippen molar-refractivity contribution in [1.82, 2.24) is 4.90 Å². The summed E-state index contributed by atoms with van der Waals surface area (Å²) in [6, 6.07) is 5.84. The van der Waals surface area contributed by atoms with Gasteiger partial charge in [0.2, 0.25) is 5.91 Å². The van der Waals surface area contributed by atoms with Crippen LogP contribution in [0.1, 0.15) is 36.0 Å². The standard InChI is InChI=1S/C16H17ClN2O2/c1-9-10(2-3-13(17)12(9)7-18)8-19-14-4-5-15(20)11(14)6-16(19)21/h2-3,11,14-15,20H,4-6,8H2,1H3/t11-,14-,15+/m1/s1. The number of carbonyl (C=O) groups is 1. The van der Waals surface area contributed by atoms with Crippen molar-refractivity contribution in [3.8, 4) is 6.07 Å². The Morgan fingerprint density at radius 3 is 2.95 bits per heavy atom. The number of aliphatic hydroxyl groups excluding tert-OH is 1. The second kappa shape index (κ2) is 5.32. The number of nitriles is 1. The summed E-state index contributed by atoms with van der Waals surface area (Å²) in [5.74, 6) is 0.164. The van der Waals surface area contributed by atoms with Crippen LogP contribution in [0.3, 0.4) is 0 Å². The number of carbonyl (C=O) groups excluding carboxylic acids is 1. The second-order valence-corrected chi connectivity index (χ2v) is 6.33. The van der Waals surface area contributed by atoms with Crippen LogP contribution >= 0.6 is 11.6 Å². The summed E-state index contributed by atoms with van der Waals surface area (Å²) in [4.78, 5) is 14.1. The van der Waals surface area contributed by atoms with Gasteiger partial charge in [0.25, 0.3) is 0 Å². The fraction of sp³-hybridized carbons (Fsp3) is 0.500. The van der Waals surface area contributed by atoms with Crippen LogP contribution in [0.5, 0.6) is 0 Å². The average molecular weight is 305 g/mol. The topological polar surface area (TPSA) is 64.3 Å². The summed E-state index contributed by atoms with van der Waals surface area (Å²) in [6.07, 6.45) is 1.70. The molecule has 5 heteroatoms. The molecule has 21 heavy (non-hydrogen) atoms. The smallest absolute Gasteiger partial charge is 0.223 e. The van der Waals surface area contributed by atoms with Crippen LogP contribution in [0.4, 0.5) is 0 Å². The Kier molecular flexibility index (Phi) is 3.64. The maximum atomic E-state index is 12.2. The van der Waals surface area contributed by atoms with E-state index < -0.39 is 0 Å². The third kappa shape index (κ3) is 2.31. The Morgan fingerprint density at radius 2 is 2.24 bits per heavy atom. The molecule has 1 N–H and O–H groups in total. The molecule has 1 aromatic carbocycles. The molecule has 0 unspecified atom stereocenters. The van der Waals surface area contributed by atoms with Crippen molar-refractivity contribution in [2.45, 2.75) is 44.9 Å². The van der Waals surface area contributed by atoms with Gasteiger partial charge >= 0.3 is 0 Å². The summed E-state index contributed by atoms with van der Waals surface area (Å²) in [6.45, 7) is 2.35. The molecule has 0 aromatic heterocycles. The van der Waals surface area contributed by atoms with Gasteiger partial charge in [0.15, 0.2) is 0 Å². The van der Waals surface area contributed by atoms with E-state index in [2.05, 4.69) is 6.07 Å². The molecule has 1 aliphatic heterocycles. The molecule has 2 aliphatic rings. The Bertz CT molecular complexity index is 638. The highest BCUT2D eigenvalue weighted by Gasteiger charge is 2.47. The van der Waals surface area contributed by atoms with Crippen LogP contribution in [-0.4, -0.2) is 28.1 Å². The van der Waals surface area contributed by atoms with Gasteiger partial charge in [0.1, 0.15) is 6.07 Å². The highest BCUT2D eigenvalue weighted by Crippen LogP contribution is 2.40. The number of hydrogen-bond donors (Lipinski definition) is 1. The van der Waals surface area contributed by atoms with E-state index in [0.29, 0.717) is 23.6 Å². The third-order valence-electron chi connectivity index (χ3n) is 4.86. The quantitative estimate of drug-likeness (QED) is 0.912. The van der Waals surface area contributed by atoms with Gasteiger partial charge in [-0.05, 0) is 37.0 Å². The summed E-state index contributed by atoms with van der Waals surface area (Å²) in [5.41, 5.74) is 2.26. The number of rotatable bonds is 2. The fourth-order valence-corrected chi connectivity index (χ4v) is 3.86. The minimum absolute atomic E-state index is 0.0699.